The lowest BCUT2D eigenvalue weighted by Gasteiger charge is -2.07. The van der Waals surface area contributed by atoms with Crippen LogP contribution >= 0.6 is 0 Å². The van der Waals surface area contributed by atoms with Crippen molar-refractivity contribution in [1.29, 1.82) is 0 Å². The van der Waals surface area contributed by atoms with E-state index in [4.69, 9.17) is 10.8 Å². The van der Waals surface area contributed by atoms with Crippen LogP contribution in [0.5, 0.6) is 0 Å². The number of carboxylic acids is 1. The van der Waals surface area contributed by atoms with Crippen LogP contribution in [0.3, 0.4) is 0 Å². The van der Waals surface area contributed by atoms with Crippen LogP contribution in [0.2, 0.25) is 0 Å². The molecule has 0 aliphatic heterocycles. The highest BCUT2D eigenvalue weighted by Crippen LogP contribution is 2.14. The van der Waals surface area contributed by atoms with Crippen molar-refractivity contribution in [3.8, 4) is 0 Å². The number of benzene rings is 1. The lowest BCUT2D eigenvalue weighted by Crippen LogP contribution is -2.18. The van der Waals surface area contributed by atoms with Gasteiger partial charge in [-0.1, -0.05) is 12.1 Å². The largest absolute Gasteiger partial charge is 0.478 e. The molecule has 0 atom stereocenters. The van der Waals surface area contributed by atoms with Gasteiger partial charge in [-0.15, -0.1) is 0 Å². The van der Waals surface area contributed by atoms with Crippen molar-refractivity contribution < 1.29 is 9.90 Å². The first kappa shape index (κ1) is 11.9. The third-order valence-electron chi connectivity index (χ3n) is 2.60. The maximum absolute atomic E-state index is 11.5. The molecular weight excluding hydrogens is 232 g/mol. The van der Waals surface area contributed by atoms with E-state index in [-0.39, 0.29) is 16.8 Å². The molecule has 1 aromatic carbocycles. The van der Waals surface area contributed by atoms with Crippen molar-refractivity contribution in [1.82, 2.24) is 4.57 Å². The van der Waals surface area contributed by atoms with E-state index < -0.39 is 5.97 Å². The van der Waals surface area contributed by atoms with Crippen molar-refractivity contribution in [3.63, 3.8) is 0 Å². The number of anilines is 1. The second-order valence-electron chi connectivity index (χ2n) is 3.89. The molecule has 1 heterocycles. The predicted molar refractivity (Wildman–Crippen MR) is 67.6 cm³/mol. The number of hydrogen-bond acceptors (Lipinski definition) is 3. The summed E-state index contributed by atoms with van der Waals surface area (Å²) in [6.45, 7) is 0.320. The molecule has 2 aromatic rings. The molecule has 0 aliphatic rings. The normalized spacial score (nSPS) is 10.2. The Bertz CT molecular complexity index is 647. The van der Waals surface area contributed by atoms with E-state index >= 15 is 0 Å². The van der Waals surface area contributed by atoms with Crippen LogP contribution < -0.4 is 11.3 Å². The Kier molecular flexibility index (Phi) is 3.14. The van der Waals surface area contributed by atoms with Gasteiger partial charge >= 0.3 is 5.97 Å². The van der Waals surface area contributed by atoms with Gasteiger partial charge in [0.1, 0.15) is 0 Å². The number of nitrogen functional groups attached to an aromatic ring is 1. The summed E-state index contributed by atoms with van der Waals surface area (Å²) in [7, 11) is 0. The standard InChI is InChI=1S/C13H12N2O3/c14-11-5-4-9(7-10(11)13(17)18)8-15-6-2-1-3-12(15)16/h1-7H,8,14H2,(H,17,18). The number of nitrogens with two attached hydrogens (primary N) is 1. The van der Waals surface area contributed by atoms with Crippen LogP contribution in [0, 0.1) is 0 Å². The summed E-state index contributed by atoms with van der Waals surface area (Å²) in [4.78, 5) is 22.5. The molecule has 0 fully saturated rings. The first-order valence-electron chi connectivity index (χ1n) is 5.35. The molecule has 0 amide bonds. The van der Waals surface area contributed by atoms with E-state index in [9.17, 15) is 9.59 Å². The summed E-state index contributed by atoms with van der Waals surface area (Å²) in [5.74, 6) is -1.07. The highest BCUT2D eigenvalue weighted by atomic mass is 16.4. The molecule has 5 heteroatoms. The molecule has 3 N–H and O–H groups in total. The minimum atomic E-state index is -1.07. The summed E-state index contributed by atoms with van der Waals surface area (Å²) in [5, 5.41) is 8.96. The van der Waals surface area contributed by atoms with Gasteiger partial charge in [-0.05, 0) is 23.8 Å². The fourth-order valence-electron chi connectivity index (χ4n) is 1.67. The Balaban J connectivity index is 2.36. The molecule has 0 unspecified atom stereocenters. The highest BCUT2D eigenvalue weighted by molar-refractivity contribution is 5.93. The summed E-state index contributed by atoms with van der Waals surface area (Å²) >= 11 is 0. The monoisotopic (exact) mass is 244 g/mol. The van der Waals surface area contributed by atoms with Gasteiger partial charge in [-0.2, -0.15) is 0 Å². The van der Waals surface area contributed by atoms with Crippen LogP contribution in [-0.2, 0) is 6.54 Å². The number of carboxylic acid groups (broad SMARTS) is 1. The maximum Gasteiger partial charge on any atom is 0.337 e. The van der Waals surface area contributed by atoms with Crippen molar-refractivity contribution in [2.75, 3.05) is 5.73 Å². The Morgan fingerprint density at radius 2 is 2.06 bits per heavy atom. The van der Waals surface area contributed by atoms with Crippen molar-refractivity contribution in [3.05, 3.63) is 64.1 Å². The van der Waals surface area contributed by atoms with Gasteiger partial charge in [0.15, 0.2) is 0 Å². The molecule has 92 valence electrons. The number of aromatic carboxylic acids is 1. The molecule has 0 aliphatic carbocycles. The Hall–Kier alpha value is -2.56. The summed E-state index contributed by atoms with van der Waals surface area (Å²) in [6, 6.07) is 9.59. The maximum atomic E-state index is 11.5. The molecule has 1 aromatic heterocycles. The third-order valence-corrected chi connectivity index (χ3v) is 2.60. The van der Waals surface area contributed by atoms with E-state index in [0.717, 1.165) is 5.56 Å². The molecule has 0 saturated carbocycles. The minimum absolute atomic E-state index is 0.0523. The second kappa shape index (κ2) is 4.75. The molecule has 0 spiro atoms. The first-order valence-corrected chi connectivity index (χ1v) is 5.35. The number of aromatic nitrogens is 1. The second-order valence-corrected chi connectivity index (χ2v) is 3.89. The zero-order valence-corrected chi connectivity index (χ0v) is 9.54. The Morgan fingerprint density at radius 1 is 1.28 bits per heavy atom. The van der Waals surface area contributed by atoms with Gasteiger partial charge in [-0.25, -0.2) is 4.79 Å². The van der Waals surface area contributed by atoms with Crippen molar-refractivity contribution in [2.24, 2.45) is 0 Å². The molecule has 0 radical (unpaired) electrons. The molecule has 5 nitrogen and oxygen atoms in total. The van der Waals surface area contributed by atoms with Crippen LogP contribution in [0.25, 0.3) is 0 Å². The topological polar surface area (TPSA) is 85.3 Å². The Morgan fingerprint density at radius 3 is 2.72 bits per heavy atom. The minimum Gasteiger partial charge on any atom is -0.478 e. The fraction of sp³-hybridized carbons (Fsp3) is 0.0769. The average Bonchev–Trinajstić information content (AvgIpc) is 2.34. The zero-order valence-electron chi connectivity index (χ0n) is 9.54. The van der Waals surface area contributed by atoms with Gasteiger partial charge in [-0.3, -0.25) is 4.79 Å². The number of pyridine rings is 1. The molecule has 2 rings (SSSR count). The molecule has 18 heavy (non-hydrogen) atoms. The van der Waals surface area contributed by atoms with E-state index in [0.29, 0.717) is 6.54 Å². The van der Waals surface area contributed by atoms with Crippen molar-refractivity contribution in [2.45, 2.75) is 6.54 Å². The Labute approximate surface area is 103 Å². The lowest BCUT2D eigenvalue weighted by molar-refractivity contribution is 0.0698. The SMILES string of the molecule is Nc1ccc(Cn2ccccc2=O)cc1C(=O)O. The summed E-state index contributed by atoms with van der Waals surface area (Å²) < 4.78 is 1.50. The number of nitrogens with zero attached hydrogens (tertiary/aromatic N) is 1. The van der Waals surface area contributed by atoms with Crippen LogP contribution in [-0.4, -0.2) is 15.6 Å². The third kappa shape index (κ3) is 2.40. The van der Waals surface area contributed by atoms with Crippen LogP contribution in [0.1, 0.15) is 15.9 Å². The quantitative estimate of drug-likeness (QED) is 0.794. The van der Waals surface area contributed by atoms with E-state index in [2.05, 4.69) is 0 Å². The first-order chi connectivity index (χ1) is 8.58. The zero-order chi connectivity index (χ0) is 13.1. The highest BCUT2D eigenvalue weighted by Gasteiger charge is 2.08. The van der Waals surface area contributed by atoms with E-state index in [1.165, 1.54) is 22.8 Å². The van der Waals surface area contributed by atoms with Crippen LogP contribution in [0.15, 0.2) is 47.4 Å². The van der Waals surface area contributed by atoms with Gasteiger partial charge in [0.05, 0.1) is 12.1 Å². The molecule has 0 bridgehead atoms. The van der Waals surface area contributed by atoms with Gasteiger partial charge in [0, 0.05) is 18.0 Å². The summed E-state index contributed by atoms with van der Waals surface area (Å²) in [6.07, 6.45) is 1.65. The van der Waals surface area contributed by atoms with Crippen molar-refractivity contribution >= 4 is 11.7 Å². The number of rotatable bonds is 3. The van der Waals surface area contributed by atoms with E-state index in [1.807, 2.05) is 0 Å². The molecule has 0 saturated heterocycles. The number of hydrogen-bond donors (Lipinski definition) is 2. The van der Waals surface area contributed by atoms with E-state index in [1.54, 1.807) is 24.4 Å². The van der Waals surface area contributed by atoms with Gasteiger partial charge < -0.3 is 15.4 Å². The average molecular weight is 244 g/mol. The van der Waals surface area contributed by atoms with Gasteiger partial charge in [0.25, 0.3) is 5.56 Å². The summed E-state index contributed by atoms with van der Waals surface area (Å²) in [5.41, 5.74) is 6.42. The lowest BCUT2D eigenvalue weighted by atomic mass is 10.1. The fourth-order valence-corrected chi connectivity index (χ4v) is 1.67. The molecular formula is C13H12N2O3. The number of carbonyl (C=O) groups is 1. The van der Waals surface area contributed by atoms with Crippen LogP contribution in [0.4, 0.5) is 5.69 Å². The predicted octanol–water partition coefficient (Wildman–Crippen LogP) is 1.18. The smallest absolute Gasteiger partial charge is 0.337 e. The van der Waals surface area contributed by atoms with Gasteiger partial charge in [0.2, 0.25) is 0 Å².